The Morgan fingerprint density at radius 3 is 2.54 bits per heavy atom. The molecule has 1 aliphatic heterocycles. The highest BCUT2D eigenvalue weighted by Crippen LogP contribution is 2.34. The molecule has 0 saturated carbocycles. The Balaban J connectivity index is 1.89. The number of rotatable bonds is 5. The summed E-state index contributed by atoms with van der Waals surface area (Å²) < 4.78 is 23.6. The zero-order valence-electron chi connectivity index (χ0n) is 15.3. The van der Waals surface area contributed by atoms with Gasteiger partial charge in [0.05, 0.1) is 4.90 Å². The summed E-state index contributed by atoms with van der Waals surface area (Å²) in [5, 5.41) is 0. The molecule has 0 radical (unpaired) electrons. The first kappa shape index (κ1) is 18.6. The molecular weight excluding hydrogens is 346 g/mol. The van der Waals surface area contributed by atoms with Crippen LogP contribution >= 0.6 is 0 Å². The van der Waals surface area contributed by atoms with Crippen LogP contribution in [0.15, 0.2) is 59.5 Å². The molecule has 0 bridgehead atoms. The standard InChI is InChI=1S/C21H25NO3S/c1-3-19(16-9-5-4-6-10-16)20-13-8-14-22(20)21(23)17-11-7-12-18(15-17)26(2,24)25/h4-7,9-12,15,19-20H,3,8,13-14H2,1-2H3/t19-,20+/m0/s1. The van der Waals surface area contributed by atoms with Gasteiger partial charge in [-0.2, -0.15) is 0 Å². The minimum atomic E-state index is -3.33. The summed E-state index contributed by atoms with van der Waals surface area (Å²) in [6.07, 6.45) is 4.08. The highest BCUT2D eigenvalue weighted by Gasteiger charge is 2.35. The van der Waals surface area contributed by atoms with E-state index in [1.54, 1.807) is 12.1 Å². The predicted octanol–water partition coefficient (Wildman–Crippen LogP) is 3.89. The first-order valence-corrected chi connectivity index (χ1v) is 11.0. The summed E-state index contributed by atoms with van der Waals surface area (Å²) in [4.78, 5) is 15.2. The lowest BCUT2D eigenvalue weighted by Gasteiger charge is -2.32. The van der Waals surface area contributed by atoms with Crippen molar-refractivity contribution in [3.63, 3.8) is 0 Å². The van der Waals surface area contributed by atoms with Crippen molar-refractivity contribution in [3.8, 4) is 0 Å². The molecule has 1 aliphatic rings. The van der Waals surface area contributed by atoms with Gasteiger partial charge in [-0.25, -0.2) is 8.42 Å². The van der Waals surface area contributed by atoms with Crippen LogP contribution in [0.4, 0.5) is 0 Å². The van der Waals surface area contributed by atoms with Crippen LogP contribution in [0.2, 0.25) is 0 Å². The molecule has 1 amide bonds. The van der Waals surface area contributed by atoms with Crippen molar-refractivity contribution in [3.05, 3.63) is 65.7 Å². The molecule has 0 spiro atoms. The second kappa shape index (κ2) is 7.62. The topological polar surface area (TPSA) is 54.5 Å². The van der Waals surface area contributed by atoms with Gasteiger partial charge in [0.1, 0.15) is 0 Å². The predicted molar refractivity (Wildman–Crippen MR) is 103 cm³/mol. The number of benzene rings is 2. The van der Waals surface area contributed by atoms with E-state index in [0.717, 1.165) is 32.1 Å². The Morgan fingerprint density at radius 1 is 1.15 bits per heavy atom. The van der Waals surface area contributed by atoms with Crippen molar-refractivity contribution in [2.45, 2.75) is 43.0 Å². The van der Waals surface area contributed by atoms with E-state index in [2.05, 4.69) is 19.1 Å². The molecule has 4 nitrogen and oxygen atoms in total. The molecule has 2 aromatic rings. The molecule has 0 N–H and O–H groups in total. The number of sulfone groups is 1. The Hall–Kier alpha value is -2.14. The third-order valence-electron chi connectivity index (χ3n) is 5.20. The largest absolute Gasteiger partial charge is 0.335 e. The van der Waals surface area contributed by atoms with Crippen molar-refractivity contribution in [2.24, 2.45) is 0 Å². The number of likely N-dealkylation sites (tertiary alicyclic amines) is 1. The zero-order chi connectivity index (χ0) is 18.7. The summed E-state index contributed by atoms with van der Waals surface area (Å²) in [5.74, 6) is 0.216. The van der Waals surface area contributed by atoms with Gasteiger partial charge in [0.25, 0.3) is 5.91 Å². The van der Waals surface area contributed by atoms with E-state index in [1.807, 2.05) is 23.1 Å². The van der Waals surface area contributed by atoms with Gasteiger partial charge in [0, 0.05) is 30.3 Å². The number of hydrogen-bond donors (Lipinski definition) is 0. The van der Waals surface area contributed by atoms with Crippen LogP contribution in [-0.2, 0) is 9.84 Å². The Bertz CT molecular complexity index is 877. The highest BCUT2D eigenvalue weighted by atomic mass is 32.2. The molecule has 1 saturated heterocycles. The van der Waals surface area contributed by atoms with Crippen LogP contribution in [-0.4, -0.2) is 38.1 Å². The molecule has 1 fully saturated rings. The van der Waals surface area contributed by atoms with E-state index in [0.29, 0.717) is 11.5 Å². The molecular formula is C21H25NO3S. The van der Waals surface area contributed by atoms with Gasteiger partial charge in [-0.3, -0.25) is 4.79 Å². The summed E-state index contributed by atoms with van der Waals surface area (Å²) in [6, 6.07) is 16.9. The summed E-state index contributed by atoms with van der Waals surface area (Å²) in [7, 11) is -3.33. The zero-order valence-corrected chi connectivity index (χ0v) is 16.1. The molecule has 2 aromatic carbocycles. The van der Waals surface area contributed by atoms with Crippen molar-refractivity contribution in [2.75, 3.05) is 12.8 Å². The second-order valence-corrected chi connectivity index (χ2v) is 8.95. The number of amides is 1. The SMILES string of the molecule is CC[C@@H](c1ccccc1)[C@H]1CCCN1C(=O)c1cccc(S(C)(=O)=O)c1. The van der Waals surface area contributed by atoms with Crippen molar-refractivity contribution < 1.29 is 13.2 Å². The van der Waals surface area contributed by atoms with Crippen molar-refractivity contribution in [1.82, 2.24) is 4.90 Å². The minimum absolute atomic E-state index is 0.0765. The Kier molecular flexibility index (Phi) is 5.47. The average molecular weight is 372 g/mol. The summed E-state index contributed by atoms with van der Waals surface area (Å²) in [5.41, 5.74) is 1.70. The van der Waals surface area contributed by atoms with Gasteiger partial charge < -0.3 is 4.90 Å². The highest BCUT2D eigenvalue weighted by molar-refractivity contribution is 7.90. The first-order valence-electron chi connectivity index (χ1n) is 9.08. The van der Waals surface area contributed by atoms with Crippen LogP contribution in [0.3, 0.4) is 0 Å². The van der Waals surface area contributed by atoms with Gasteiger partial charge >= 0.3 is 0 Å². The lowest BCUT2D eigenvalue weighted by atomic mass is 9.87. The van der Waals surface area contributed by atoms with E-state index in [9.17, 15) is 13.2 Å². The quantitative estimate of drug-likeness (QED) is 0.801. The molecule has 0 aliphatic carbocycles. The van der Waals surface area contributed by atoms with Crippen LogP contribution in [0.5, 0.6) is 0 Å². The van der Waals surface area contributed by atoms with Gasteiger partial charge in [-0.15, -0.1) is 0 Å². The number of carbonyl (C=O) groups is 1. The van der Waals surface area contributed by atoms with Gasteiger partial charge in [0.15, 0.2) is 9.84 Å². The first-order chi connectivity index (χ1) is 12.4. The van der Waals surface area contributed by atoms with E-state index < -0.39 is 9.84 Å². The fourth-order valence-corrected chi connectivity index (χ4v) is 4.59. The number of hydrogen-bond acceptors (Lipinski definition) is 3. The monoisotopic (exact) mass is 371 g/mol. The molecule has 0 aromatic heterocycles. The molecule has 2 atom stereocenters. The molecule has 138 valence electrons. The number of nitrogens with zero attached hydrogens (tertiary/aromatic N) is 1. The molecule has 0 unspecified atom stereocenters. The Morgan fingerprint density at radius 2 is 1.88 bits per heavy atom. The molecule has 3 rings (SSSR count). The minimum Gasteiger partial charge on any atom is -0.335 e. The maximum absolute atomic E-state index is 13.1. The fourth-order valence-electron chi connectivity index (χ4n) is 3.92. The third-order valence-corrected chi connectivity index (χ3v) is 6.31. The average Bonchev–Trinajstić information content (AvgIpc) is 3.11. The van der Waals surface area contributed by atoms with E-state index in [4.69, 9.17) is 0 Å². The van der Waals surface area contributed by atoms with E-state index >= 15 is 0 Å². The molecule has 1 heterocycles. The third kappa shape index (κ3) is 3.83. The maximum Gasteiger partial charge on any atom is 0.254 e. The van der Waals surface area contributed by atoms with E-state index in [-0.39, 0.29) is 16.8 Å². The molecule has 5 heteroatoms. The van der Waals surface area contributed by atoms with Crippen molar-refractivity contribution in [1.29, 1.82) is 0 Å². The lowest BCUT2D eigenvalue weighted by Crippen LogP contribution is -2.39. The van der Waals surface area contributed by atoms with Gasteiger partial charge in [0.2, 0.25) is 0 Å². The van der Waals surface area contributed by atoms with Crippen molar-refractivity contribution >= 4 is 15.7 Å². The van der Waals surface area contributed by atoms with Crippen LogP contribution in [0.1, 0.15) is 48.0 Å². The summed E-state index contributed by atoms with van der Waals surface area (Å²) >= 11 is 0. The van der Waals surface area contributed by atoms with Gasteiger partial charge in [-0.05, 0) is 43.0 Å². The lowest BCUT2D eigenvalue weighted by molar-refractivity contribution is 0.0714. The Labute approximate surface area is 155 Å². The normalized spacial score (nSPS) is 18.7. The van der Waals surface area contributed by atoms with Crippen LogP contribution in [0, 0.1) is 0 Å². The number of carbonyl (C=O) groups excluding carboxylic acids is 1. The molecule has 26 heavy (non-hydrogen) atoms. The van der Waals surface area contributed by atoms with E-state index in [1.165, 1.54) is 17.7 Å². The summed E-state index contributed by atoms with van der Waals surface area (Å²) in [6.45, 7) is 2.87. The fraction of sp³-hybridized carbons (Fsp3) is 0.381. The second-order valence-electron chi connectivity index (χ2n) is 6.93. The van der Waals surface area contributed by atoms with Crippen LogP contribution in [0.25, 0.3) is 0 Å². The smallest absolute Gasteiger partial charge is 0.254 e. The maximum atomic E-state index is 13.1. The van der Waals surface area contributed by atoms with Gasteiger partial charge in [-0.1, -0.05) is 43.3 Å². The van der Waals surface area contributed by atoms with Crippen LogP contribution < -0.4 is 0 Å².